The molecule has 1 aromatic carbocycles. The lowest BCUT2D eigenvalue weighted by atomic mass is 10.1. The lowest BCUT2D eigenvalue weighted by Crippen LogP contribution is -2.14. The molecule has 18 heavy (non-hydrogen) atoms. The summed E-state index contributed by atoms with van der Waals surface area (Å²) in [5.74, 6) is 0. The molecule has 0 unspecified atom stereocenters. The van der Waals surface area contributed by atoms with Gasteiger partial charge in [-0.15, -0.1) is 0 Å². The summed E-state index contributed by atoms with van der Waals surface area (Å²) in [5, 5.41) is 0. The van der Waals surface area contributed by atoms with E-state index in [9.17, 15) is 8.42 Å². The van der Waals surface area contributed by atoms with Crippen LogP contribution in [-0.2, 0) is 10.0 Å². The molecule has 2 aromatic rings. The third-order valence-corrected chi connectivity index (χ3v) is 3.93. The molecule has 0 saturated carbocycles. The van der Waals surface area contributed by atoms with Crippen LogP contribution in [0.5, 0.6) is 0 Å². The second-order valence-electron chi connectivity index (χ2n) is 4.11. The Morgan fingerprint density at radius 2 is 1.94 bits per heavy atom. The molecular formula is C13H14N2O2S. The fourth-order valence-corrected chi connectivity index (χ4v) is 2.64. The van der Waals surface area contributed by atoms with Crippen LogP contribution in [0.1, 0.15) is 11.1 Å². The number of hydrogen-bond acceptors (Lipinski definition) is 3. The van der Waals surface area contributed by atoms with Gasteiger partial charge >= 0.3 is 0 Å². The van der Waals surface area contributed by atoms with E-state index >= 15 is 0 Å². The van der Waals surface area contributed by atoms with Gasteiger partial charge in [-0.3, -0.25) is 9.71 Å². The van der Waals surface area contributed by atoms with E-state index in [0.29, 0.717) is 5.69 Å². The standard InChI is InChI=1S/C13H14N2O2S/c1-10-5-6-11(2)13(8-10)15-18(16,17)12-4-3-7-14-9-12/h3-9,15H,1-2H3. The minimum Gasteiger partial charge on any atom is -0.279 e. The van der Waals surface area contributed by atoms with Gasteiger partial charge in [0.1, 0.15) is 4.90 Å². The number of nitrogens with one attached hydrogen (secondary N) is 1. The second kappa shape index (κ2) is 4.78. The monoisotopic (exact) mass is 262 g/mol. The van der Waals surface area contributed by atoms with Gasteiger partial charge in [0.05, 0.1) is 5.69 Å². The first kappa shape index (κ1) is 12.6. The average Bonchev–Trinajstić information content (AvgIpc) is 2.35. The molecular weight excluding hydrogens is 248 g/mol. The fourth-order valence-electron chi connectivity index (χ4n) is 1.56. The van der Waals surface area contributed by atoms with Crippen LogP contribution >= 0.6 is 0 Å². The highest BCUT2D eigenvalue weighted by Gasteiger charge is 2.14. The molecule has 2 rings (SSSR count). The molecule has 0 bridgehead atoms. The molecule has 0 aliphatic rings. The number of pyridine rings is 1. The number of rotatable bonds is 3. The number of anilines is 1. The van der Waals surface area contributed by atoms with Gasteiger partial charge in [0.15, 0.2) is 0 Å². The highest BCUT2D eigenvalue weighted by molar-refractivity contribution is 7.92. The quantitative estimate of drug-likeness (QED) is 0.924. The van der Waals surface area contributed by atoms with Crippen LogP contribution in [0.15, 0.2) is 47.6 Å². The van der Waals surface area contributed by atoms with Crippen LogP contribution in [0.25, 0.3) is 0 Å². The van der Waals surface area contributed by atoms with Crippen molar-refractivity contribution >= 4 is 15.7 Å². The summed E-state index contributed by atoms with van der Waals surface area (Å²) >= 11 is 0. The van der Waals surface area contributed by atoms with E-state index in [4.69, 9.17) is 0 Å². The lowest BCUT2D eigenvalue weighted by Gasteiger charge is -2.10. The third kappa shape index (κ3) is 2.68. The molecule has 1 heterocycles. The molecule has 0 fully saturated rings. The van der Waals surface area contributed by atoms with E-state index in [2.05, 4.69) is 9.71 Å². The number of nitrogens with zero attached hydrogens (tertiary/aromatic N) is 1. The first-order valence-electron chi connectivity index (χ1n) is 5.49. The van der Waals surface area contributed by atoms with E-state index in [1.165, 1.54) is 18.5 Å². The van der Waals surface area contributed by atoms with Gasteiger partial charge in [-0.1, -0.05) is 12.1 Å². The minimum absolute atomic E-state index is 0.158. The fraction of sp³-hybridized carbons (Fsp3) is 0.154. The Morgan fingerprint density at radius 3 is 2.61 bits per heavy atom. The van der Waals surface area contributed by atoms with Gasteiger partial charge in [-0.25, -0.2) is 8.42 Å². The van der Waals surface area contributed by atoms with Gasteiger partial charge in [0, 0.05) is 12.4 Å². The van der Waals surface area contributed by atoms with E-state index in [0.717, 1.165) is 11.1 Å². The summed E-state index contributed by atoms with van der Waals surface area (Å²) in [6.45, 7) is 3.78. The summed E-state index contributed by atoms with van der Waals surface area (Å²) in [6.07, 6.45) is 2.87. The van der Waals surface area contributed by atoms with Crippen molar-refractivity contribution in [2.75, 3.05) is 4.72 Å². The molecule has 0 atom stereocenters. The van der Waals surface area contributed by atoms with Crippen molar-refractivity contribution in [1.82, 2.24) is 4.98 Å². The second-order valence-corrected chi connectivity index (χ2v) is 5.80. The minimum atomic E-state index is -3.57. The number of hydrogen-bond donors (Lipinski definition) is 1. The molecule has 5 heteroatoms. The zero-order valence-electron chi connectivity index (χ0n) is 10.2. The number of aromatic nitrogens is 1. The molecule has 1 aromatic heterocycles. The topological polar surface area (TPSA) is 59.1 Å². The van der Waals surface area contributed by atoms with Gasteiger partial charge in [0.2, 0.25) is 0 Å². The summed E-state index contributed by atoms with van der Waals surface area (Å²) in [6, 6.07) is 8.75. The number of benzene rings is 1. The smallest absolute Gasteiger partial charge is 0.263 e. The van der Waals surface area contributed by atoms with Gasteiger partial charge in [0.25, 0.3) is 10.0 Å². The summed E-state index contributed by atoms with van der Waals surface area (Å²) in [5.41, 5.74) is 2.48. The highest BCUT2D eigenvalue weighted by Crippen LogP contribution is 2.20. The molecule has 4 nitrogen and oxygen atoms in total. The largest absolute Gasteiger partial charge is 0.279 e. The highest BCUT2D eigenvalue weighted by atomic mass is 32.2. The number of aryl methyl sites for hydroxylation is 2. The summed E-state index contributed by atoms with van der Waals surface area (Å²) in [7, 11) is -3.57. The summed E-state index contributed by atoms with van der Waals surface area (Å²) < 4.78 is 26.8. The maximum Gasteiger partial charge on any atom is 0.263 e. The average molecular weight is 262 g/mol. The van der Waals surface area contributed by atoms with Crippen LogP contribution in [0.3, 0.4) is 0 Å². The maximum absolute atomic E-state index is 12.1. The van der Waals surface area contributed by atoms with E-state index in [-0.39, 0.29) is 4.90 Å². The van der Waals surface area contributed by atoms with Crippen molar-refractivity contribution < 1.29 is 8.42 Å². The van der Waals surface area contributed by atoms with Crippen molar-refractivity contribution in [3.8, 4) is 0 Å². The SMILES string of the molecule is Cc1ccc(C)c(NS(=O)(=O)c2cccnc2)c1. The van der Waals surface area contributed by atoms with Gasteiger partial charge in [-0.05, 0) is 43.2 Å². The first-order chi connectivity index (χ1) is 8.49. The Labute approximate surface area is 107 Å². The lowest BCUT2D eigenvalue weighted by molar-refractivity contribution is 0.601. The predicted molar refractivity (Wildman–Crippen MR) is 71.0 cm³/mol. The van der Waals surface area contributed by atoms with E-state index < -0.39 is 10.0 Å². The van der Waals surface area contributed by atoms with Crippen molar-refractivity contribution in [2.24, 2.45) is 0 Å². The zero-order chi connectivity index (χ0) is 13.2. The third-order valence-electron chi connectivity index (χ3n) is 2.58. The van der Waals surface area contributed by atoms with E-state index in [1.54, 1.807) is 6.07 Å². The zero-order valence-corrected chi connectivity index (χ0v) is 11.0. The van der Waals surface area contributed by atoms with Crippen LogP contribution < -0.4 is 4.72 Å². The van der Waals surface area contributed by atoms with Gasteiger partial charge in [-0.2, -0.15) is 0 Å². The van der Waals surface area contributed by atoms with E-state index in [1.807, 2.05) is 32.0 Å². The van der Waals surface area contributed by atoms with Gasteiger partial charge < -0.3 is 0 Å². The molecule has 0 amide bonds. The normalized spacial score (nSPS) is 11.2. The Balaban J connectivity index is 2.37. The Hall–Kier alpha value is -1.88. The predicted octanol–water partition coefficient (Wildman–Crippen LogP) is 2.50. The molecule has 94 valence electrons. The van der Waals surface area contributed by atoms with Crippen molar-refractivity contribution in [3.05, 3.63) is 53.9 Å². The molecule has 0 aliphatic heterocycles. The van der Waals surface area contributed by atoms with Crippen LogP contribution in [0.4, 0.5) is 5.69 Å². The Bertz CT molecular complexity index is 652. The Kier molecular flexibility index (Phi) is 3.34. The number of sulfonamides is 1. The van der Waals surface area contributed by atoms with Crippen LogP contribution in [0, 0.1) is 13.8 Å². The molecule has 0 spiro atoms. The Morgan fingerprint density at radius 1 is 1.17 bits per heavy atom. The molecule has 0 aliphatic carbocycles. The maximum atomic E-state index is 12.1. The first-order valence-corrected chi connectivity index (χ1v) is 6.97. The molecule has 0 saturated heterocycles. The van der Waals surface area contributed by atoms with Crippen LogP contribution in [0.2, 0.25) is 0 Å². The molecule has 0 radical (unpaired) electrons. The van der Waals surface area contributed by atoms with Crippen LogP contribution in [-0.4, -0.2) is 13.4 Å². The summed E-state index contributed by atoms with van der Waals surface area (Å²) in [4.78, 5) is 3.97. The molecule has 1 N–H and O–H groups in total. The van der Waals surface area contributed by atoms with Crippen molar-refractivity contribution in [3.63, 3.8) is 0 Å². The van der Waals surface area contributed by atoms with Crippen molar-refractivity contribution in [1.29, 1.82) is 0 Å². The van der Waals surface area contributed by atoms with Crippen molar-refractivity contribution in [2.45, 2.75) is 18.7 Å².